The minimum Gasteiger partial charge on any atom is -0.442 e. The fourth-order valence-corrected chi connectivity index (χ4v) is 0.389. The number of rotatable bonds is 3. The monoisotopic (exact) mass is 155 g/mol. The van der Waals surface area contributed by atoms with E-state index < -0.39 is 0 Å². The number of hydrogen-bond donors (Lipinski definition) is 0. The van der Waals surface area contributed by atoms with Crippen molar-refractivity contribution in [3.05, 3.63) is 28.2 Å². The molecule has 0 aliphatic heterocycles. The Kier molecular flexibility index (Phi) is 4.18. The minimum atomic E-state index is 0.115. The number of nitrogens with zero attached hydrogens (tertiary/aromatic N) is 1. The van der Waals surface area contributed by atoms with Crippen LogP contribution < -0.4 is 0 Å². The van der Waals surface area contributed by atoms with E-state index >= 15 is 0 Å². The second-order valence-electron chi connectivity index (χ2n) is 2.38. The lowest BCUT2D eigenvalue weighted by molar-refractivity contribution is 0.297. The zero-order valence-electron chi connectivity index (χ0n) is 7.34. The Morgan fingerprint density at radius 3 is 2.18 bits per heavy atom. The van der Waals surface area contributed by atoms with E-state index in [9.17, 15) is 4.91 Å². The van der Waals surface area contributed by atoms with Crippen LogP contribution in [0.1, 0.15) is 27.7 Å². The quantitative estimate of drug-likeness (QED) is 0.464. The van der Waals surface area contributed by atoms with Crippen LogP contribution in [0, 0.1) is 4.91 Å². The zero-order chi connectivity index (χ0) is 8.85. The molecule has 0 unspecified atom stereocenters. The molecule has 0 aliphatic carbocycles. The van der Waals surface area contributed by atoms with E-state index in [0.29, 0.717) is 0 Å². The van der Waals surface area contributed by atoms with Crippen molar-refractivity contribution in [3.8, 4) is 0 Å². The number of allylic oxidation sites excluding steroid dienone is 3. The van der Waals surface area contributed by atoms with Gasteiger partial charge < -0.3 is 4.74 Å². The summed E-state index contributed by atoms with van der Waals surface area (Å²) in [6, 6.07) is 0. The maximum atomic E-state index is 10.0. The predicted molar refractivity (Wildman–Crippen MR) is 44.7 cm³/mol. The van der Waals surface area contributed by atoms with Crippen LogP contribution in [-0.2, 0) is 4.74 Å². The lowest BCUT2D eigenvalue weighted by atomic mass is 10.3. The molecule has 0 atom stereocenters. The first kappa shape index (κ1) is 9.88. The number of ether oxygens (including phenoxy) is 1. The van der Waals surface area contributed by atoms with Gasteiger partial charge in [-0.2, -0.15) is 0 Å². The van der Waals surface area contributed by atoms with E-state index in [-0.39, 0.29) is 5.88 Å². The van der Waals surface area contributed by atoms with E-state index in [1.807, 2.05) is 13.8 Å². The topological polar surface area (TPSA) is 38.7 Å². The van der Waals surface area contributed by atoms with Crippen LogP contribution in [-0.4, -0.2) is 0 Å². The molecule has 62 valence electrons. The second-order valence-corrected chi connectivity index (χ2v) is 2.38. The molecule has 0 spiro atoms. The van der Waals surface area contributed by atoms with Gasteiger partial charge in [0.1, 0.15) is 5.76 Å². The summed E-state index contributed by atoms with van der Waals surface area (Å²) in [7, 11) is 0. The number of hydrogen-bond acceptors (Lipinski definition) is 3. The van der Waals surface area contributed by atoms with Gasteiger partial charge in [-0.25, -0.2) is 0 Å². The van der Waals surface area contributed by atoms with E-state index in [1.165, 1.54) is 6.08 Å². The van der Waals surface area contributed by atoms with Gasteiger partial charge in [-0.3, -0.25) is 0 Å². The summed E-state index contributed by atoms with van der Waals surface area (Å²) in [6.07, 6.45) is 1.53. The van der Waals surface area contributed by atoms with Crippen LogP contribution >= 0.6 is 0 Å². The average molecular weight is 155 g/mol. The maximum absolute atomic E-state index is 10.0. The Bertz CT molecular complexity index is 200. The third-order valence-corrected chi connectivity index (χ3v) is 1.30. The van der Waals surface area contributed by atoms with Crippen LogP contribution in [0.15, 0.2) is 28.5 Å². The van der Waals surface area contributed by atoms with E-state index in [1.54, 1.807) is 13.8 Å². The van der Waals surface area contributed by atoms with Crippen LogP contribution in [0.5, 0.6) is 0 Å². The van der Waals surface area contributed by atoms with Crippen molar-refractivity contribution in [2.75, 3.05) is 0 Å². The van der Waals surface area contributed by atoms with Gasteiger partial charge in [0.2, 0.25) is 0 Å². The molecule has 0 aliphatic rings. The van der Waals surface area contributed by atoms with Crippen LogP contribution in [0.25, 0.3) is 0 Å². The van der Waals surface area contributed by atoms with Crippen LogP contribution in [0.3, 0.4) is 0 Å². The van der Waals surface area contributed by atoms with Crippen molar-refractivity contribution >= 4 is 0 Å². The van der Waals surface area contributed by atoms with Crippen molar-refractivity contribution in [1.82, 2.24) is 0 Å². The summed E-state index contributed by atoms with van der Waals surface area (Å²) in [4.78, 5) is 10.0. The summed E-state index contributed by atoms with van der Waals surface area (Å²) in [5.41, 5.74) is 1.04. The highest BCUT2D eigenvalue weighted by molar-refractivity contribution is 5.03. The van der Waals surface area contributed by atoms with Crippen molar-refractivity contribution in [3.63, 3.8) is 0 Å². The molecule has 0 aromatic carbocycles. The molecule has 0 bridgehead atoms. The Morgan fingerprint density at radius 2 is 1.91 bits per heavy atom. The highest BCUT2D eigenvalue weighted by Crippen LogP contribution is 2.10. The normalized spacial score (nSPS) is 10.7. The van der Waals surface area contributed by atoms with Gasteiger partial charge in [0.15, 0.2) is 0 Å². The van der Waals surface area contributed by atoms with Crippen molar-refractivity contribution in [2.24, 2.45) is 5.18 Å². The first-order chi connectivity index (χ1) is 5.11. The molecule has 0 fully saturated rings. The molecule has 0 amide bonds. The molecule has 0 radical (unpaired) electrons. The zero-order valence-corrected chi connectivity index (χ0v) is 7.34. The van der Waals surface area contributed by atoms with Gasteiger partial charge in [-0.15, -0.1) is 4.91 Å². The van der Waals surface area contributed by atoms with Crippen LogP contribution in [0.4, 0.5) is 0 Å². The van der Waals surface area contributed by atoms with Gasteiger partial charge in [-0.1, -0.05) is 0 Å². The lowest BCUT2D eigenvalue weighted by Crippen LogP contribution is -1.88. The molecule has 0 saturated carbocycles. The fraction of sp³-hybridized carbons (Fsp3) is 0.500. The molecule has 3 heteroatoms. The Morgan fingerprint density at radius 1 is 1.36 bits per heavy atom. The molecular weight excluding hydrogens is 142 g/mol. The van der Waals surface area contributed by atoms with Crippen molar-refractivity contribution < 1.29 is 4.74 Å². The fourth-order valence-electron chi connectivity index (χ4n) is 0.389. The van der Waals surface area contributed by atoms with E-state index in [4.69, 9.17) is 4.74 Å². The Labute approximate surface area is 66.7 Å². The summed E-state index contributed by atoms with van der Waals surface area (Å²) >= 11 is 0. The van der Waals surface area contributed by atoms with Gasteiger partial charge in [-0.05, 0) is 39.3 Å². The van der Waals surface area contributed by atoms with Gasteiger partial charge in [0.05, 0.1) is 0 Å². The third-order valence-electron chi connectivity index (χ3n) is 1.30. The molecular formula is C8H13NO2. The van der Waals surface area contributed by atoms with E-state index in [2.05, 4.69) is 5.18 Å². The largest absolute Gasteiger partial charge is 0.442 e. The molecule has 11 heavy (non-hydrogen) atoms. The molecule has 3 nitrogen and oxygen atoms in total. The molecule has 0 saturated heterocycles. The smallest absolute Gasteiger partial charge is 0.256 e. The maximum Gasteiger partial charge on any atom is 0.256 e. The van der Waals surface area contributed by atoms with Gasteiger partial charge in [0.25, 0.3) is 5.88 Å². The lowest BCUT2D eigenvalue weighted by Gasteiger charge is -2.03. The molecule has 0 N–H and O–H groups in total. The van der Waals surface area contributed by atoms with Crippen molar-refractivity contribution in [1.29, 1.82) is 0 Å². The second kappa shape index (κ2) is 4.66. The minimum absolute atomic E-state index is 0.115. The highest BCUT2D eigenvalue weighted by Gasteiger charge is 1.97. The van der Waals surface area contributed by atoms with Crippen LogP contribution in [0.2, 0.25) is 0 Å². The SMILES string of the molecule is C/C=C(\N=O)OC(C)=C(C)C. The van der Waals surface area contributed by atoms with E-state index in [0.717, 1.165) is 11.3 Å². The standard InChI is InChI=1S/C8H13NO2/c1-5-8(9-10)11-7(4)6(2)3/h5H,1-4H3/b8-5+. The molecule has 0 aromatic rings. The average Bonchev–Trinajstić information content (AvgIpc) is 1.99. The number of nitroso groups, excluding NO2 is 1. The third kappa shape index (κ3) is 3.55. The summed E-state index contributed by atoms with van der Waals surface area (Å²) < 4.78 is 5.07. The first-order valence-corrected chi connectivity index (χ1v) is 3.43. The highest BCUT2D eigenvalue weighted by atomic mass is 16.5. The van der Waals surface area contributed by atoms with Gasteiger partial charge >= 0.3 is 0 Å². The Hall–Kier alpha value is -1.12. The Balaban J connectivity index is 4.26. The van der Waals surface area contributed by atoms with Gasteiger partial charge in [0, 0.05) is 5.18 Å². The molecule has 0 aromatic heterocycles. The summed E-state index contributed by atoms with van der Waals surface area (Å²) in [5.74, 6) is 0.835. The first-order valence-electron chi connectivity index (χ1n) is 3.43. The predicted octanol–water partition coefficient (Wildman–Crippen LogP) is 2.94. The summed E-state index contributed by atoms with van der Waals surface area (Å²) in [5, 5.41) is 2.68. The summed E-state index contributed by atoms with van der Waals surface area (Å²) in [6.45, 7) is 7.32. The molecule has 0 rings (SSSR count). The molecule has 0 heterocycles. The van der Waals surface area contributed by atoms with Crippen molar-refractivity contribution in [2.45, 2.75) is 27.7 Å².